The Labute approximate surface area is 160 Å². The van der Waals surface area contributed by atoms with E-state index < -0.39 is 10.0 Å². The zero-order valence-corrected chi connectivity index (χ0v) is 16.3. The highest BCUT2D eigenvalue weighted by molar-refractivity contribution is 7.89. The van der Waals surface area contributed by atoms with Gasteiger partial charge in [0.1, 0.15) is 0 Å². The molecule has 0 bridgehead atoms. The number of nitrogens with two attached hydrogens (primary N) is 1. The van der Waals surface area contributed by atoms with Gasteiger partial charge in [0.25, 0.3) is 5.91 Å². The van der Waals surface area contributed by atoms with Crippen LogP contribution in [0.2, 0.25) is 0 Å². The Kier molecular flexibility index (Phi) is 5.83. The van der Waals surface area contributed by atoms with E-state index in [0.717, 1.165) is 12.8 Å². The minimum absolute atomic E-state index is 0.0350. The van der Waals surface area contributed by atoms with E-state index in [2.05, 4.69) is 0 Å². The third kappa shape index (κ3) is 4.31. The van der Waals surface area contributed by atoms with E-state index in [-0.39, 0.29) is 35.8 Å². The van der Waals surface area contributed by atoms with Crippen LogP contribution in [0.25, 0.3) is 0 Å². The summed E-state index contributed by atoms with van der Waals surface area (Å²) in [6.45, 7) is 3.85. The van der Waals surface area contributed by atoms with Gasteiger partial charge in [-0.3, -0.25) is 9.59 Å². The van der Waals surface area contributed by atoms with Crippen LogP contribution in [-0.4, -0.2) is 79.6 Å². The van der Waals surface area contributed by atoms with Crippen molar-refractivity contribution < 1.29 is 18.0 Å². The normalized spacial score (nSPS) is 21.9. The van der Waals surface area contributed by atoms with Crippen LogP contribution >= 0.6 is 0 Å². The first kappa shape index (κ1) is 19.8. The molecular weight excluding hydrogens is 368 g/mol. The highest BCUT2D eigenvalue weighted by atomic mass is 32.2. The van der Waals surface area contributed by atoms with Crippen molar-refractivity contribution >= 4 is 21.8 Å². The monoisotopic (exact) mass is 394 g/mol. The van der Waals surface area contributed by atoms with Gasteiger partial charge in [0.2, 0.25) is 15.9 Å². The fourth-order valence-electron chi connectivity index (χ4n) is 3.56. The largest absolute Gasteiger partial charge is 0.340 e. The van der Waals surface area contributed by atoms with Gasteiger partial charge in [-0.25, -0.2) is 8.42 Å². The van der Waals surface area contributed by atoms with Crippen molar-refractivity contribution in [3.8, 4) is 0 Å². The number of hydrogen-bond donors (Lipinski definition) is 1. The number of rotatable bonds is 3. The number of sulfonamides is 1. The standard InChI is InChI=1S/C18H26N4O4S/c1-14(23)20-8-10-22(11-9-20)27(25,26)17-6-2-4-15(12-17)18(24)21-7-3-5-16(19)13-21/h2,4,6,12,16H,3,5,7-11,13,19H2,1H3. The number of carbonyl (C=O) groups excluding carboxylic acids is 2. The van der Waals surface area contributed by atoms with E-state index in [1.165, 1.54) is 23.4 Å². The average Bonchev–Trinajstić information content (AvgIpc) is 2.67. The van der Waals surface area contributed by atoms with Crippen LogP contribution in [0, 0.1) is 0 Å². The van der Waals surface area contributed by atoms with Crippen molar-refractivity contribution in [3.63, 3.8) is 0 Å². The van der Waals surface area contributed by atoms with Gasteiger partial charge in [-0.05, 0) is 31.0 Å². The molecule has 8 nitrogen and oxygen atoms in total. The van der Waals surface area contributed by atoms with Crippen molar-refractivity contribution in [2.24, 2.45) is 5.73 Å². The summed E-state index contributed by atoms with van der Waals surface area (Å²) in [5.74, 6) is -0.247. The third-order valence-corrected chi connectivity index (χ3v) is 7.04. The lowest BCUT2D eigenvalue weighted by atomic mass is 10.1. The maximum Gasteiger partial charge on any atom is 0.253 e. The summed E-state index contributed by atoms with van der Waals surface area (Å²) in [5.41, 5.74) is 6.30. The Bertz CT molecular complexity index is 818. The lowest BCUT2D eigenvalue weighted by Gasteiger charge is -2.33. The number of hydrogen-bond acceptors (Lipinski definition) is 5. The van der Waals surface area contributed by atoms with Crippen LogP contribution in [0.3, 0.4) is 0 Å². The van der Waals surface area contributed by atoms with Gasteiger partial charge in [-0.2, -0.15) is 4.31 Å². The molecule has 2 N–H and O–H groups in total. The molecule has 2 fully saturated rings. The number of piperidine rings is 1. The Morgan fingerprint density at radius 3 is 2.41 bits per heavy atom. The molecule has 2 saturated heterocycles. The van der Waals surface area contributed by atoms with Crippen molar-refractivity contribution in [3.05, 3.63) is 29.8 Å². The van der Waals surface area contributed by atoms with Gasteiger partial charge in [0, 0.05) is 57.8 Å². The minimum atomic E-state index is -3.71. The van der Waals surface area contributed by atoms with Crippen LogP contribution in [-0.2, 0) is 14.8 Å². The molecule has 3 rings (SSSR count). The Morgan fingerprint density at radius 1 is 1.07 bits per heavy atom. The topological polar surface area (TPSA) is 104 Å². The first-order valence-electron chi connectivity index (χ1n) is 9.19. The molecule has 1 aromatic carbocycles. The van der Waals surface area contributed by atoms with E-state index in [1.807, 2.05) is 0 Å². The quantitative estimate of drug-likeness (QED) is 0.783. The second-order valence-corrected chi connectivity index (χ2v) is 9.03. The summed E-state index contributed by atoms with van der Waals surface area (Å²) >= 11 is 0. The van der Waals surface area contributed by atoms with Crippen molar-refractivity contribution in [1.82, 2.24) is 14.1 Å². The molecule has 2 aliphatic heterocycles. The highest BCUT2D eigenvalue weighted by Crippen LogP contribution is 2.21. The number of piperazine rings is 1. The van der Waals surface area contributed by atoms with Gasteiger partial charge in [-0.15, -0.1) is 0 Å². The summed E-state index contributed by atoms with van der Waals surface area (Å²) in [5, 5.41) is 0. The SMILES string of the molecule is CC(=O)N1CCN(S(=O)(=O)c2cccc(C(=O)N3CCCC(N)C3)c2)CC1. The lowest BCUT2D eigenvalue weighted by molar-refractivity contribution is -0.129. The summed E-state index contributed by atoms with van der Waals surface area (Å²) < 4.78 is 27.3. The Morgan fingerprint density at radius 2 is 1.78 bits per heavy atom. The maximum absolute atomic E-state index is 12.9. The van der Waals surface area contributed by atoms with Gasteiger partial charge >= 0.3 is 0 Å². The summed E-state index contributed by atoms with van der Waals surface area (Å²) in [4.78, 5) is 27.6. The predicted octanol–water partition coefficient (Wildman–Crippen LogP) is 0.103. The fourth-order valence-corrected chi connectivity index (χ4v) is 5.03. The first-order chi connectivity index (χ1) is 12.8. The molecular formula is C18H26N4O4S. The average molecular weight is 394 g/mol. The smallest absolute Gasteiger partial charge is 0.253 e. The zero-order valence-electron chi connectivity index (χ0n) is 15.5. The fraction of sp³-hybridized carbons (Fsp3) is 0.556. The van der Waals surface area contributed by atoms with Crippen molar-refractivity contribution in [1.29, 1.82) is 0 Å². The predicted molar refractivity (Wildman–Crippen MR) is 101 cm³/mol. The van der Waals surface area contributed by atoms with Crippen LogP contribution in [0.15, 0.2) is 29.2 Å². The van der Waals surface area contributed by atoms with E-state index >= 15 is 0 Å². The number of likely N-dealkylation sites (tertiary alicyclic amines) is 1. The summed E-state index contributed by atoms with van der Waals surface area (Å²) in [6, 6.07) is 6.14. The number of benzene rings is 1. The molecule has 0 radical (unpaired) electrons. The second kappa shape index (κ2) is 7.95. The second-order valence-electron chi connectivity index (χ2n) is 7.09. The molecule has 1 atom stereocenters. The molecule has 27 heavy (non-hydrogen) atoms. The molecule has 2 amide bonds. The Hall–Kier alpha value is -1.97. The molecule has 9 heteroatoms. The molecule has 0 aliphatic carbocycles. The number of amides is 2. The maximum atomic E-state index is 12.9. The van der Waals surface area contributed by atoms with Crippen molar-refractivity contribution in [2.75, 3.05) is 39.3 Å². The molecule has 2 aliphatic rings. The van der Waals surface area contributed by atoms with Crippen LogP contribution in [0.4, 0.5) is 0 Å². The molecule has 0 spiro atoms. The third-order valence-electron chi connectivity index (χ3n) is 5.15. The molecule has 2 heterocycles. The number of carbonyl (C=O) groups is 2. The molecule has 1 aromatic rings. The van der Waals surface area contributed by atoms with Crippen LogP contribution in [0.5, 0.6) is 0 Å². The molecule has 0 aromatic heterocycles. The van der Waals surface area contributed by atoms with Gasteiger partial charge in [0.05, 0.1) is 4.90 Å². The van der Waals surface area contributed by atoms with E-state index in [9.17, 15) is 18.0 Å². The first-order valence-corrected chi connectivity index (χ1v) is 10.6. The molecule has 148 valence electrons. The molecule has 0 saturated carbocycles. The van der Waals surface area contributed by atoms with Crippen LogP contribution in [0.1, 0.15) is 30.1 Å². The highest BCUT2D eigenvalue weighted by Gasteiger charge is 2.30. The lowest BCUT2D eigenvalue weighted by Crippen LogP contribution is -2.50. The van der Waals surface area contributed by atoms with Crippen molar-refractivity contribution in [2.45, 2.75) is 30.7 Å². The zero-order chi connectivity index (χ0) is 19.6. The van der Waals surface area contributed by atoms with Crippen LogP contribution < -0.4 is 5.73 Å². The minimum Gasteiger partial charge on any atom is -0.340 e. The van der Waals surface area contributed by atoms with Gasteiger partial charge in [0.15, 0.2) is 0 Å². The Balaban J connectivity index is 1.76. The van der Waals surface area contributed by atoms with E-state index in [4.69, 9.17) is 5.73 Å². The van der Waals surface area contributed by atoms with Gasteiger partial charge in [-0.1, -0.05) is 6.07 Å². The molecule has 1 unspecified atom stereocenters. The summed E-state index contributed by atoms with van der Waals surface area (Å²) in [6.07, 6.45) is 1.75. The number of nitrogens with zero attached hydrogens (tertiary/aromatic N) is 3. The van der Waals surface area contributed by atoms with E-state index in [1.54, 1.807) is 21.9 Å². The summed E-state index contributed by atoms with van der Waals surface area (Å²) in [7, 11) is -3.71. The van der Waals surface area contributed by atoms with Gasteiger partial charge < -0.3 is 15.5 Å². The van der Waals surface area contributed by atoms with E-state index in [0.29, 0.717) is 31.7 Å².